The maximum atomic E-state index is 13.2. The van der Waals surface area contributed by atoms with E-state index < -0.39 is 16.1 Å². The summed E-state index contributed by atoms with van der Waals surface area (Å²) < 4.78 is 29.0. The van der Waals surface area contributed by atoms with Crippen LogP contribution in [0.4, 0.5) is 0 Å². The topological polar surface area (TPSA) is 90.3 Å². The second-order valence-corrected chi connectivity index (χ2v) is 9.52. The first kappa shape index (κ1) is 23.5. The molecule has 0 aliphatic carbocycles. The molecular formula is C25H27N3O3S. The average molecular weight is 450 g/mol. The third-order valence-corrected chi connectivity index (χ3v) is 6.84. The Balaban J connectivity index is 1.89. The minimum Gasteiger partial charge on any atom is -0.344 e. The van der Waals surface area contributed by atoms with Crippen LogP contribution >= 0.6 is 0 Å². The van der Waals surface area contributed by atoms with Gasteiger partial charge in [-0.2, -0.15) is 9.98 Å². The van der Waals surface area contributed by atoms with Gasteiger partial charge in [0.2, 0.25) is 15.9 Å². The zero-order chi connectivity index (χ0) is 23.1. The Morgan fingerprint density at radius 2 is 1.75 bits per heavy atom. The van der Waals surface area contributed by atoms with Gasteiger partial charge in [-0.05, 0) is 53.4 Å². The van der Waals surface area contributed by atoms with Crippen molar-refractivity contribution in [1.82, 2.24) is 9.62 Å². The van der Waals surface area contributed by atoms with Crippen LogP contribution in [0.25, 0.3) is 10.8 Å². The van der Waals surface area contributed by atoms with E-state index in [0.29, 0.717) is 12.1 Å². The smallest absolute Gasteiger partial charge is 0.241 e. The maximum absolute atomic E-state index is 13.2. The quantitative estimate of drug-likeness (QED) is 0.537. The Labute approximate surface area is 189 Å². The first-order valence-corrected chi connectivity index (χ1v) is 12.1. The predicted molar refractivity (Wildman–Crippen MR) is 125 cm³/mol. The summed E-state index contributed by atoms with van der Waals surface area (Å²) in [6, 6.07) is 20.4. The molecule has 0 saturated heterocycles. The van der Waals surface area contributed by atoms with Crippen LogP contribution in [0.15, 0.2) is 71.6 Å². The van der Waals surface area contributed by atoms with Gasteiger partial charge >= 0.3 is 0 Å². The Morgan fingerprint density at radius 1 is 1.06 bits per heavy atom. The second kappa shape index (κ2) is 10.4. The van der Waals surface area contributed by atoms with Crippen LogP contribution in [0.3, 0.4) is 0 Å². The number of unbranched alkanes of at least 4 members (excludes halogenated alkanes) is 1. The number of fused-ring (bicyclic) bond motifs is 1. The van der Waals surface area contributed by atoms with Gasteiger partial charge in [0.05, 0.1) is 16.5 Å². The fraction of sp³-hybridized carbons (Fsp3) is 0.280. The number of hydrogen-bond donors (Lipinski definition) is 1. The Kier molecular flexibility index (Phi) is 7.62. The summed E-state index contributed by atoms with van der Waals surface area (Å²) in [6.45, 7) is 2.59. The van der Waals surface area contributed by atoms with Crippen LogP contribution in [0.2, 0.25) is 0 Å². The molecule has 166 valence electrons. The average Bonchev–Trinajstić information content (AvgIpc) is 2.81. The minimum absolute atomic E-state index is 0.116. The summed E-state index contributed by atoms with van der Waals surface area (Å²) in [4.78, 5) is 14.8. The largest absolute Gasteiger partial charge is 0.344 e. The molecule has 0 unspecified atom stereocenters. The van der Waals surface area contributed by atoms with Gasteiger partial charge in [0, 0.05) is 13.6 Å². The SMILES string of the molecule is CCCCN(C)C(=O)[C@H](Cc1ccc(C#N)cc1)NS(=O)(=O)c1ccc2ccccc2c1. The number of nitrogens with zero attached hydrogens (tertiary/aromatic N) is 2. The molecule has 3 aromatic rings. The van der Waals surface area contributed by atoms with E-state index in [1.807, 2.05) is 31.2 Å². The highest BCUT2D eigenvalue weighted by atomic mass is 32.2. The first-order valence-electron chi connectivity index (χ1n) is 10.6. The summed E-state index contributed by atoms with van der Waals surface area (Å²) in [5.74, 6) is -0.285. The molecule has 1 N–H and O–H groups in total. The third-order valence-electron chi connectivity index (χ3n) is 5.37. The van der Waals surface area contributed by atoms with Crippen molar-refractivity contribution in [3.63, 3.8) is 0 Å². The number of nitriles is 1. The Hall–Kier alpha value is -3.21. The lowest BCUT2D eigenvalue weighted by Gasteiger charge is -2.25. The number of carbonyl (C=O) groups excluding carboxylic acids is 1. The molecule has 0 radical (unpaired) electrons. The molecule has 0 saturated carbocycles. The van der Waals surface area contributed by atoms with E-state index >= 15 is 0 Å². The summed E-state index contributed by atoms with van der Waals surface area (Å²) >= 11 is 0. The minimum atomic E-state index is -3.93. The van der Waals surface area contributed by atoms with Crippen LogP contribution in [0.5, 0.6) is 0 Å². The predicted octanol–water partition coefficient (Wildman–Crippen LogP) is 3.86. The van der Waals surface area contributed by atoms with Gasteiger partial charge in [0.15, 0.2) is 0 Å². The highest BCUT2D eigenvalue weighted by molar-refractivity contribution is 7.89. The van der Waals surface area contributed by atoms with Gasteiger partial charge in [0.25, 0.3) is 0 Å². The van der Waals surface area contributed by atoms with Crippen molar-refractivity contribution in [2.75, 3.05) is 13.6 Å². The van der Waals surface area contributed by atoms with Crippen molar-refractivity contribution in [2.45, 2.75) is 37.1 Å². The van der Waals surface area contributed by atoms with Crippen molar-refractivity contribution in [2.24, 2.45) is 0 Å². The van der Waals surface area contributed by atoms with Crippen LogP contribution in [0.1, 0.15) is 30.9 Å². The molecule has 1 atom stereocenters. The summed E-state index contributed by atoms with van der Waals surface area (Å²) in [6.07, 6.45) is 1.96. The van der Waals surface area contributed by atoms with Crippen LogP contribution < -0.4 is 4.72 Å². The molecule has 0 aliphatic heterocycles. The highest BCUT2D eigenvalue weighted by Crippen LogP contribution is 2.20. The molecule has 0 bridgehead atoms. The monoisotopic (exact) mass is 449 g/mol. The standard InChI is InChI=1S/C25H27N3O3S/c1-3-4-15-28(2)25(29)24(16-19-9-11-20(18-26)12-10-19)27-32(30,31)23-14-13-21-7-5-6-8-22(21)17-23/h5-14,17,24,27H,3-4,15-16H2,1-2H3/t24-/m0/s1. The van der Waals surface area contributed by atoms with Gasteiger partial charge in [0.1, 0.15) is 6.04 Å². The molecule has 0 fully saturated rings. The van der Waals surface area contributed by atoms with E-state index in [9.17, 15) is 13.2 Å². The van der Waals surface area contributed by atoms with E-state index in [-0.39, 0.29) is 17.2 Å². The molecule has 3 rings (SSSR count). The summed E-state index contributed by atoms with van der Waals surface area (Å²) in [5.41, 5.74) is 1.28. The number of amides is 1. The lowest BCUT2D eigenvalue weighted by atomic mass is 10.0. The summed E-state index contributed by atoms with van der Waals surface area (Å²) in [5, 5.41) is 10.8. The fourth-order valence-electron chi connectivity index (χ4n) is 3.49. The number of likely N-dealkylation sites (N-methyl/N-ethyl adjacent to an activating group) is 1. The fourth-order valence-corrected chi connectivity index (χ4v) is 4.72. The van der Waals surface area contributed by atoms with Gasteiger partial charge in [-0.3, -0.25) is 4.79 Å². The second-order valence-electron chi connectivity index (χ2n) is 7.81. The molecule has 7 heteroatoms. The number of benzene rings is 3. The molecule has 0 heterocycles. The van der Waals surface area contributed by atoms with Crippen LogP contribution in [-0.2, 0) is 21.2 Å². The van der Waals surface area contributed by atoms with Crippen molar-refractivity contribution in [3.8, 4) is 6.07 Å². The van der Waals surface area contributed by atoms with Crippen molar-refractivity contribution >= 4 is 26.7 Å². The molecule has 32 heavy (non-hydrogen) atoms. The Morgan fingerprint density at radius 3 is 2.41 bits per heavy atom. The lowest BCUT2D eigenvalue weighted by molar-refractivity contribution is -0.131. The molecular weight excluding hydrogens is 422 g/mol. The first-order chi connectivity index (χ1) is 15.3. The van der Waals surface area contributed by atoms with E-state index in [4.69, 9.17) is 5.26 Å². The maximum Gasteiger partial charge on any atom is 0.241 e. The lowest BCUT2D eigenvalue weighted by Crippen LogP contribution is -2.48. The van der Waals surface area contributed by atoms with Crippen LogP contribution in [-0.4, -0.2) is 38.9 Å². The third kappa shape index (κ3) is 5.72. The highest BCUT2D eigenvalue weighted by Gasteiger charge is 2.28. The van der Waals surface area contributed by atoms with E-state index in [0.717, 1.165) is 29.2 Å². The molecule has 0 aromatic heterocycles. The molecule has 3 aromatic carbocycles. The van der Waals surface area contributed by atoms with E-state index in [2.05, 4.69) is 10.8 Å². The number of carbonyl (C=O) groups is 1. The van der Waals surface area contributed by atoms with Gasteiger partial charge < -0.3 is 4.90 Å². The molecule has 0 aliphatic rings. The van der Waals surface area contributed by atoms with Crippen molar-refractivity contribution in [1.29, 1.82) is 5.26 Å². The molecule has 1 amide bonds. The Bertz CT molecular complexity index is 1230. The zero-order valence-corrected chi connectivity index (χ0v) is 19.1. The number of rotatable bonds is 9. The van der Waals surface area contributed by atoms with E-state index in [1.54, 1.807) is 54.4 Å². The van der Waals surface area contributed by atoms with Crippen molar-refractivity contribution < 1.29 is 13.2 Å². The van der Waals surface area contributed by atoms with E-state index in [1.165, 1.54) is 0 Å². The van der Waals surface area contributed by atoms with Crippen LogP contribution in [0, 0.1) is 11.3 Å². The molecule has 6 nitrogen and oxygen atoms in total. The molecule has 0 spiro atoms. The number of nitrogens with one attached hydrogen (secondary N) is 1. The normalized spacial score (nSPS) is 12.3. The van der Waals surface area contributed by atoms with Gasteiger partial charge in [-0.15, -0.1) is 0 Å². The van der Waals surface area contributed by atoms with Gasteiger partial charge in [-0.1, -0.05) is 55.8 Å². The number of sulfonamides is 1. The zero-order valence-electron chi connectivity index (χ0n) is 18.3. The van der Waals surface area contributed by atoms with Crippen molar-refractivity contribution in [3.05, 3.63) is 77.9 Å². The summed E-state index contributed by atoms with van der Waals surface area (Å²) in [7, 11) is -2.24. The van der Waals surface area contributed by atoms with Gasteiger partial charge in [-0.25, -0.2) is 8.42 Å². The number of hydrogen-bond acceptors (Lipinski definition) is 4.